The molecule has 0 saturated heterocycles. The van der Waals surface area contributed by atoms with Gasteiger partial charge in [-0.25, -0.2) is 4.79 Å². The lowest BCUT2D eigenvalue weighted by Crippen LogP contribution is -2.45. The maximum atomic E-state index is 11.6. The van der Waals surface area contributed by atoms with E-state index in [1.165, 1.54) is 19.2 Å². The maximum Gasteiger partial charge on any atom is 0.349 e. The molecule has 0 bridgehead atoms. The Morgan fingerprint density at radius 2 is 2.00 bits per heavy atom. The Labute approximate surface area is 102 Å². The van der Waals surface area contributed by atoms with Gasteiger partial charge in [0.05, 0.1) is 6.04 Å². The Bertz CT molecular complexity index is 514. The molecule has 0 spiro atoms. The molecule has 18 heavy (non-hydrogen) atoms. The molecule has 8 heteroatoms. The summed E-state index contributed by atoms with van der Waals surface area (Å²) in [6.07, 6.45) is -3.32. The molecule has 5 unspecified atom stereocenters. The highest BCUT2D eigenvalue weighted by molar-refractivity contribution is 5.24. The molecule has 1 aliphatic rings. The molecule has 0 aromatic carbocycles. The molecular formula is C10H15N3O5. The predicted octanol–water partition coefficient (Wildman–Crippen LogP) is -2.79. The van der Waals surface area contributed by atoms with Gasteiger partial charge in [-0.3, -0.25) is 4.57 Å². The fourth-order valence-electron chi connectivity index (χ4n) is 2.21. The number of nitrogens with two attached hydrogens (primary N) is 1. The van der Waals surface area contributed by atoms with Crippen LogP contribution >= 0.6 is 0 Å². The summed E-state index contributed by atoms with van der Waals surface area (Å²) in [5.74, 6) is 0.00513. The zero-order valence-corrected chi connectivity index (χ0v) is 9.63. The summed E-state index contributed by atoms with van der Waals surface area (Å²) in [5.41, 5.74) is 2.64. The fourth-order valence-corrected chi connectivity index (χ4v) is 2.21. The summed E-state index contributed by atoms with van der Waals surface area (Å²) in [4.78, 5) is 15.1. The van der Waals surface area contributed by atoms with Crippen molar-refractivity contribution in [3.05, 3.63) is 22.7 Å². The van der Waals surface area contributed by atoms with Crippen LogP contribution in [-0.2, 0) is 0 Å². The van der Waals surface area contributed by atoms with Crippen molar-refractivity contribution in [2.45, 2.75) is 36.9 Å². The summed E-state index contributed by atoms with van der Waals surface area (Å²) in [6.45, 7) is 1.18. The number of nitrogen functional groups attached to an aromatic ring is 1. The highest BCUT2D eigenvalue weighted by Gasteiger charge is 2.57. The quantitative estimate of drug-likeness (QED) is 0.366. The zero-order chi connectivity index (χ0) is 13.7. The molecule has 1 heterocycles. The van der Waals surface area contributed by atoms with Crippen molar-refractivity contribution in [2.24, 2.45) is 0 Å². The monoisotopic (exact) mass is 257 g/mol. The Balaban J connectivity index is 2.48. The molecule has 5 atom stereocenters. The van der Waals surface area contributed by atoms with Gasteiger partial charge in [0.15, 0.2) is 0 Å². The molecule has 1 aliphatic carbocycles. The first-order valence-corrected chi connectivity index (χ1v) is 5.38. The summed E-state index contributed by atoms with van der Waals surface area (Å²) in [5, 5.41) is 39.2. The SMILES string of the molecule is CC1(O)C(O)C(O)C(n2ccc(N)nc2=O)C1O. The van der Waals surface area contributed by atoms with E-state index < -0.39 is 35.6 Å². The van der Waals surface area contributed by atoms with Gasteiger partial charge in [-0.2, -0.15) is 4.98 Å². The Kier molecular flexibility index (Phi) is 2.90. The van der Waals surface area contributed by atoms with Crippen molar-refractivity contribution < 1.29 is 20.4 Å². The van der Waals surface area contributed by atoms with E-state index >= 15 is 0 Å². The van der Waals surface area contributed by atoms with E-state index in [2.05, 4.69) is 4.98 Å². The number of aliphatic hydroxyl groups excluding tert-OH is 3. The minimum absolute atomic E-state index is 0.00513. The maximum absolute atomic E-state index is 11.6. The second-order valence-electron chi connectivity index (χ2n) is 4.64. The molecule has 1 saturated carbocycles. The van der Waals surface area contributed by atoms with Crippen LogP contribution in [0.5, 0.6) is 0 Å². The number of anilines is 1. The largest absolute Gasteiger partial charge is 0.388 e. The topological polar surface area (TPSA) is 142 Å². The first-order chi connectivity index (χ1) is 8.26. The molecule has 100 valence electrons. The third kappa shape index (κ3) is 1.70. The van der Waals surface area contributed by atoms with Crippen molar-refractivity contribution in [3.63, 3.8) is 0 Å². The minimum Gasteiger partial charge on any atom is -0.388 e. The van der Waals surface area contributed by atoms with E-state index in [1.54, 1.807) is 0 Å². The van der Waals surface area contributed by atoms with Crippen LogP contribution in [0.3, 0.4) is 0 Å². The van der Waals surface area contributed by atoms with E-state index in [0.29, 0.717) is 0 Å². The third-order valence-corrected chi connectivity index (χ3v) is 3.37. The second-order valence-corrected chi connectivity index (χ2v) is 4.64. The predicted molar refractivity (Wildman–Crippen MR) is 60.6 cm³/mol. The molecule has 0 aliphatic heterocycles. The van der Waals surface area contributed by atoms with Crippen molar-refractivity contribution >= 4 is 5.82 Å². The summed E-state index contributed by atoms with van der Waals surface area (Å²) < 4.78 is 0.941. The first-order valence-electron chi connectivity index (χ1n) is 5.38. The van der Waals surface area contributed by atoms with Gasteiger partial charge in [-0.15, -0.1) is 0 Å². The lowest BCUT2D eigenvalue weighted by atomic mass is 10.00. The van der Waals surface area contributed by atoms with E-state index in [4.69, 9.17) is 5.73 Å². The minimum atomic E-state index is -1.91. The van der Waals surface area contributed by atoms with E-state index in [-0.39, 0.29) is 5.82 Å². The normalized spacial score (nSPS) is 40.1. The number of nitrogens with zero attached hydrogens (tertiary/aromatic N) is 2. The van der Waals surface area contributed by atoms with Crippen molar-refractivity contribution in [3.8, 4) is 0 Å². The number of hydrogen-bond acceptors (Lipinski definition) is 7. The summed E-state index contributed by atoms with van der Waals surface area (Å²) in [7, 11) is 0. The average Bonchev–Trinajstić information content (AvgIpc) is 2.43. The zero-order valence-electron chi connectivity index (χ0n) is 9.63. The van der Waals surface area contributed by atoms with Crippen LogP contribution < -0.4 is 11.4 Å². The molecule has 1 aromatic rings. The van der Waals surface area contributed by atoms with Gasteiger partial charge >= 0.3 is 5.69 Å². The fraction of sp³-hybridized carbons (Fsp3) is 0.600. The molecule has 0 radical (unpaired) electrons. The Morgan fingerprint density at radius 3 is 2.44 bits per heavy atom. The Morgan fingerprint density at radius 1 is 1.39 bits per heavy atom. The number of rotatable bonds is 1. The van der Waals surface area contributed by atoms with Crippen molar-refractivity contribution in [1.82, 2.24) is 9.55 Å². The van der Waals surface area contributed by atoms with Crippen LogP contribution in [0.15, 0.2) is 17.1 Å². The van der Waals surface area contributed by atoms with Gasteiger partial charge in [0.25, 0.3) is 0 Å². The van der Waals surface area contributed by atoms with Crippen LogP contribution in [0.2, 0.25) is 0 Å². The van der Waals surface area contributed by atoms with Gasteiger partial charge in [-0.1, -0.05) is 0 Å². The van der Waals surface area contributed by atoms with Crippen LogP contribution in [0, 0.1) is 0 Å². The number of aliphatic hydroxyl groups is 4. The summed E-state index contributed by atoms with van der Waals surface area (Å²) >= 11 is 0. The lowest BCUT2D eigenvalue weighted by molar-refractivity contribution is -0.113. The molecule has 1 fully saturated rings. The van der Waals surface area contributed by atoms with E-state index in [9.17, 15) is 25.2 Å². The molecule has 0 amide bonds. The third-order valence-electron chi connectivity index (χ3n) is 3.37. The standard InChI is InChI=1S/C10H15N3O5/c1-10(18)7(15)5(6(14)8(10)16)13-3-2-4(11)12-9(13)17/h2-3,5-8,14-16,18H,1H3,(H2,11,12,17). The smallest absolute Gasteiger partial charge is 0.349 e. The van der Waals surface area contributed by atoms with Crippen molar-refractivity contribution in [1.29, 1.82) is 0 Å². The molecular weight excluding hydrogens is 242 g/mol. The van der Waals surface area contributed by atoms with E-state index in [0.717, 1.165) is 4.57 Å². The van der Waals surface area contributed by atoms with Crippen LogP contribution in [-0.4, -0.2) is 53.9 Å². The van der Waals surface area contributed by atoms with E-state index in [1.807, 2.05) is 0 Å². The lowest BCUT2D eigenvalue weighted by Gasteiger charge is -2.25. The van der Waals surface area contributed by atoms with Gasteiger partial charge in [0.2, 0.25) is 0 Å². The van der Waals surface area contributed by atoms with Gasteiger partial charge in [-0.05, 0) is 13.0 Å². The molecule has 8 nitrogen and oxygen atoms in total. The van der Waals surface area contributed by atoms with Gasteiger partial charge in [0, 0.05) is 6.20 Å². The Hall–Kier alpha value is -1.48. The summed E-state index contributed by atoms with van der Waals surface area (Å²) in [6, 6.07) is 0.135. The number of hydrogen-bond donors (Lipinski definition) is 5. The highest BCUT2D eigenvalue weighted by Crippen LogP contribution is 2.37. The number of aromatic nitrogens is 2. The molecule has 2 rings (SSSR count). The van der Waals surface area contributed by atoms with Crippen LogP contribution in [0.1, 0.15) is 13.0 Å². The first kappa shape index (κ1) is 13.0. The van der Waals surface area contributed by atoms with Crippen LogP contribution in [0.25, 0.3) is 0 Å². The van der Waals surface area contributed by atoms with Crippen LogP contribution in [0.4, 0.5) is 5.82 Å². The highest BCUT2D eigenvalue weighted by atomic mass is 16.4. The molecule has 1 aromatic heterocycles. The molecule has 6 N–H and O–H groups in total. The second kappa shape index (κ2) is 4.02. The van der Waals surface area contributed by atoms with Gasteiger partial charge < -0.3 is 26.2 Å². The van der Waals surface area contributed by atoms with Crippen molar-refractivity contribution in [2.75, 3.05) is 5.73 Å². The average molecular weight is 257 g/mol. The van der Waals surface area contributed by atoms with Gasteiger partial charge in [0.1, 0.15) is 29.7 Å².